The molecule has 2 aromatic rings. The van der Waals surface area contributed by atoms with Crippen molar-refractivity contribution in [1.29, 1.82) is 0 Å². The van der Waals surface area contributed by atoms with Crippen LogP contribution in [0.2, 0.25) is 0 Å². The normalized spacial score (nSPS) is 16.5. The first-order chi connectivity index (χ1) is 9.33. The molecule has 4 heteroatoms. The molecule has 1 aliphatic rings. The molecule has 3 rings (SSSR count). The second-order valence-electron chi connectivity index (χ2n) is 5.13. The summed E-state index contributed by atoms with van der Waals surface area (Å²) >= 11 is 0. The highest BCUT2D eigenvalue weighted by atomic mass is 16.3. The van der Waals surface area contributed by atoms with Gasteiger partial charge in [-0.3, -0.25) is 4.79 Å². The van der Waals surface area contributed by atoms with E-state index in [1.807, 2.05) is 23.1 Å². The predicted octanol–water partition coefficient (Wildman–Crippen LogP) is 2.77. The number of nitrogens with zero attached hydrogens (tertiary/aromatic N) is 2. The van der Waals surface area contributed by atoms with E-state index in [1.54, 1.807) is 0 Å². The minimum Gasteiger partial charge on any atom is -0.443 e. The molecule has 0 atom stereocenters. The zero-order valence-corrected chi connectivity index (χ0v) is 11.0. The standard InChI is InChI=1S/C15H18N2O2/c18-15(17-7-3-1-2-4-8-17)10-12-5-6-13-14(9-12)19-11-16-13/h5-6,9,11H,1-4,7-8,10H2. The van der Waals surface area contributed by atoms with E-state index in [9.17, 15) is 4.79 Å². The molecule has 0 saturated carbocycles. The van der Waals surface area contributed by atoms with Crippen LogP contribution in [0.5, 0.6) is 0 Å². The Morgan fingerprint density at radius 1 is 1.21 bits per heavy atom. The van der Waals surface area contributed by atoms with Crippen LogP contribution in [0.15, 0.2) is 29.0 Å². The molecule has 1 amide bonds. The van der Waals surface area contributed by atoms with Gasteiger partial charge >= 0.3 is 0 Å². The second kappa shape index (κ2) is 5.43. The van der Waals surface area contributed by atoms with Gasteiger partial charge < -0.3 is 9.32 Å². The molecule has 4 nitrogen and oxygen atoms in total. The van der Waals surface area contributed by atoms with E-state index in [1.165, 1.54) is 19.2 Å². The molecule has 0 radical (unpaired) electrons. The highest BCUT2D eigenvalue weighted by molar-refractivity contribution is 5.81. The number of aromatic nitrogens is 1. The van der Waals surface area contributed by atoms with Crippen molar-refractivity contribution in [3.8, 4) is 0 Å². The number of fused-ring (bicyclic) bond motifs is 1. The Kier molecular flexibility index (Phi) is 3.49. The summed E-state index contributed by atoms with van der Waals surface area (Å²) in [4.78, 5) is 18.4. The zero-order valence-electron chi connectivity index (χ0n) is 11.0. The van der Waals surface area contributed by atoms with Gasteiger partial charge in [-0.05, 0) is 30.5 Å². The molecule has 1 fully saturated rings. The fourth-order valence-electron chi connectivity index (χ4n) is 2.62. The van der Waals surface area contributed by atoms with Gasteiger partial charge in [0.15, 0.2) is 12.0 Å². The summed E-state index contributed by atoms with van der Waals surface area (Å²) in [6.07, 6.45) is 6.64. The van der Waals surface area contributed by atoms with Gasteiger partial charge in [0, 0.05) is 13.1 Å². The van der Waals surface area contributed by atoms with Gasteiger partial charge in [-0.1, -0.05) is 18.9 Å². The molecule has 2 heterocycles. The van der Waals surface area contributed by atoms with Crippen LogP contribution in [0, 0.1) is 0 Å². The van der Waals surface area contributed by atoms with Crippen molar-refractivity contribution in [2.45, 2.75) is 32.1 Å². The Morgan fingerprint density at radius 3 is 2.79 bits per heavy atom. The molecule has 0 spiro atoms. The molecule has 1 aromatic heterocycles. The van der Waals surface area contributed by atoms with E-state index in [4.69, 9.17) is 4.42 Å². The summed E-state index contributed by atoms with van der Waals surface area (Å²) in [6.45, 7) is 1.81. The zero-order chi connectivity index (χ0) is 13.1. The highest BCUT2D eigenvalue weighted by Crippen LogP contribution is 2.16. The summed E-state index contributed by atoms with van der Waals surface area (Å²) in [5, 5.41) is 0. The summed E-state index contributed by atoms with van der Waals surface area (Å²) in [5.41, 5.74) is 2.59. The SMILES string of the molecule is O=C(Cc1ccc2ncoc2c1)N1CCCCCC1. The molecule has 0 unspecified atom stereocenters. The minimum atomic E-state index is 0.223. The van der Waals surface area contributed by atoms with Crippen molar-refractivity contribution >= 4 is 17.0 Å². The average molecular weight is 258 g/mol. The van der Waals surface area contributed by atoms with E-state index < -0.39 is 0 Å². The van der Waals surface area contributed by atoms with Crippen molar-refractivity contribution in [3.63, 3.8) is 0 Å². The van der Waals surface area contributed by atoms with Crippen LogP contribution in [0.1, 0.15) is 31.2 Å². The first-order valence-corrected chi connectivity index (χ1v) is 6.93. The Morgan fingerprint density at radius 2 is 2.00 bits per heavy atom. The smallest absolute Gasteiger partial charge is 0.226 e. The van der Waals surface area contributed by atoms with Crippen LogP contribution in [0.4, 0.5) is 0 Å². The number of benzene rings is 1. The molecule has 19 heavy (non-hydrogen) atoms. The van der Waals surface area contributed by atoms with Crippen molar-refractivity contribution in [2.24, 2.45) is 0 Å². The summed E-state index contributed by atoms with van der Waals surface area (Å²) < 4.78 is 5.27. The third-order valence-electron chi connectivity index (χ3n) is 3.71. The number of amides is 1. The molecular weight excluding hydrogens is 240 g/mol. The predicted molar refractivity (Wildman–Crippen MR) is 72.8 cm³/mol. The number of carbonyl (C=O) groups is 1. The van der Waals surface area contributed by atoms with Crippen molar-refractivity contribution < 1.29 is 9.21 Å². The van der Waals surface area contributed by atoms with Crippen molar-refractivity contribution in [1.82, 2.24) is 9.88 Å². The maximum atomic E-state index is 12.3. The molecular formula is C15H18N2O2. The summed E-state index contributed by atoms with van der Waals surface area (Å²) in [6, 6.07) is 5.78. The fourth-order valence-corrected chi connectivity index (χ4v) is 2.62. The van der Waals surface area contributed by atoms with Gasteiger partial charge in [-0.2, -0.15) is 0 Å². The minimum absolute atomic E-state index is 0.223. The van der Waals surface area contributed by atoms with Crippen LogP contribution in [-0.4, -0.2) is 28.9 Å². The molecule has 1 aromatic carbocycles. The number of hydrogen-bond donors (Lipinski definition) is 0. The van der Waals surface area contributed by atoms with Gasteiger partial charge in [0.05, 0.1) is 6.42 Å². The molecule has 100 valence electrons. The third-order valence-corrected chi connectivity index (χ3v) is 3.71. The molecule has 1 saturated heterocycles. The van der Waals surface area contributed by atoms with Crippen LogP contribution < -0.4 is 0 Å². The number of rotatable bonds is 2. The lowest BCUT2D eigenvalue weighted by atomic mass is 10.1. The number of hydrogen-bond acceptors (Lipinski definition) is 3. The van der Waals surface area contributed by atoms with E-state index in [-0.39, 0.29) is 5.91 Å². The Balaban J connectivity index is 1.70. The lowest BCUT2D eigenvalue weighted by Gasteiger charge is -2.20. The van der Waals surface area contributed by atoms with Gasteiger partial charge in [-0.15, -0.1) is 0 Å². The van der Waals surface area contributed by atoms with Crippen LogP contribution >= 0.6 is 0 Å². The van der Waals surface area contributed by atoms with Gasteiger partial charge in [0.2, 0.25) is 5.91 Å². The third kappa shape index (κ3) is 2.78. The van der Waals surface area contributed by atoms with E-state index in [0.717, 1.165) is 42.6 Å². The first-order valence-electron chi connectivity index (χ1n) is 6.93. The molecule has 0 N–H and O–H groups in total. The monoisotopic (exact) mass is 258 g/mol. The van der Waals surface area contributed by atoms with E-state index >= 15 is 0 Å². The van der Waals surface area contributed by atoms with Gasteiger partial charge in [0.1, 0.15) is 5.52 Å². The average Bonchev–Trinajstić information content (AvgIpc) is 2.71. The maximum absolute atomic E-state index is 12.3. The summed E-state index contributed by atoms with van der Waals surface area (Å²) in [7, 11) is 0. The number of carbonyl (C=O) groups excluding carboxylic acids is 1. The fraction of sp³-hybridized carbons (Fsp3) is 0.467. The Labute approximate surface area is 112 Å². The summed E-state index contributed by atoms with van der Waals surface area (Å²) in [5.74, 6) is 0.223. The topological polar surface area (TPSA) is 46.3 Å². The molecule has 0 aliphatic carbocycles. The van der Waals surface area contributed by atoms with Crippen LogP contribution in [0.25, 0.3) is 11.1 Å². The first kappa shape index (κ1) is 12.2. The quantitative estimate of drug-likeness (QED) is 0.832. The lowest BCUT2D eigenvalue weighted by Crippen LogP contribution is -2.33. The number of likely N-dealkylation sites (tertiary alicyclic amines) is 1. The van der Waals surface area contributed by atoms with Gasteiger partial charge in [0.25, 0.3) is 0 Å². The molecule has 0 bridgehead atoms. The molecule has 1 aliphatic heterocycles. The van der Waals surface area contributed by atoms with Crippen molar-refractivity contribution in [2.75, 3.05) is 13.1 Å². The van der Waals surface area contributed by atoms with Gasteiger partial charge in [-0.25, -0.2) is 4.98 Å². The lowest BCUT2D eigenvalue weighted by molar-refractivity contribution is -0.130. The second-order valence-corrected chi connectivity index (χ2v) is 5.13. The number of oxazole rings is 1. The van der Waals surface area contributed by atoms with Crippen LogP contribution in [0.3, 0.4) is 0 Å². The van der Waals surface area contributed by atoms with Crippen LogP contribution in [-0.2, 0) is 11.2 Å². The van der Waals surface area contributed by atoms with Crippen molar-refractivity contribution in [3.05, 3.63) is 30.2 Å². The largest absolute Gasteiger partial charge is 0.443 e. The van der Waals surface area contributed by atoms with E-state index in [2.05, 4.69) is 4.98 Å². The highest BCUT2D eigenvalue weighted by Gasteiger charge is 2.16. The Hall–Kier alpha value is -1.84. The maximum Gasteiger partial charge on any atom is 0.226 e. The Bertz CT molecular complexity index is 568. The van der Waals surface area contributed by atoms with E-state index in [0.29, 0.717) is 6.42 Å².